The quantitative estimate of drug-likeness (QED) is 0.733. The van der Waals surface area contributed by atoms with E-state index in [0.29, 0.717) is 6.10 Å². The van der Waals surface area contributed by atoms with Crippen molar-refractivity contribution in [2.75, 3.05) is 6.61 Å². The van der Waals surface area contributed by atoms with Gasteiger partial charge in [-0.15, -0.1) is 0 Å². The van der Waals surface area contributed by atoms with E-state index in [0.717, 1.165) is 24.2 Å². The van der Waals surface area contributed by atoms with Gasteiger partial charge in [0, 0.05) is 6.42 Å². The maximum atomic E-state index is 12.8. The van der Waals surface area contributed by atoms with Crippen molar-refractivity contribution >= 4 is 0 Å². The Morgan fingerprint density at radius 3 is 2.00 bits per heavy atom. The molecular formula is C15H13FO. The zero-order valence-corrected chi connectivity index (χ0v) is 9.40. The lowest BCUT2D eigenvalue weighted by molar-refractivity contribution is 0.407. The smallest absolute Gasteiger partial charge is 0.123 e. The van der Waals surface area contributed by atoms with Crippen LogP contribution in [0.15, 0.2) is 48.5 Å². The van der Waals surface area contributed by atoms with Crippen molar-refractivity contribution in [3.8, 4) is 11.1 Å². The van der Waals surface area contributed by atoms with Crippen LogP contribution in [0, 0.1) is 5.82 Å². The monoisotopic (exact) mass is 228 g/mol. The maximum absolute atomic E-state index is 12.8. The number of halogens is 1. The number of epoxide rings is 1. The van der Waals surface area contributed by atoms with Crippen molar-refractivity contribution in [3.63, 3.8) is 0 Å². The van der Waals surface area contributed by atoms with Crippen LogP contribution in [-0.4, -0.2) is 12.7 Å². The van der Waals surface area contributed by atoms with Gasteiger partial charge in [-0.3, -0.25) is 0 Å². The van der Waals surface area contributed by atoms with E-state index in [9.17, 15) is 4.39 Å². The summed E-state index contributed by atoms with van der Waals surface area (Å²) < 4.78 is 18.0. The second-order valence-corrected chi connectivity index (χ2v) is 4.36. The summed E-state index contributed by atoms with van der Waals surface area (Å²) in [4.78, 5) is 0. The molecular weight excluding hydrogens is 215 g/mol. The van der Waals surface area contributed by atoms with E-state index in [1.54, 1.807) is 12.1 Å². The molecule has 0 saturated carbocycles. The van der Waals surface area contributed by atoms with Gasteiger partial charge in [-0.2, -0.15) is 0 Å². The molecule has 1 aliphatic rings. The average molecular weight is 228 g/mol. The highest BCUT2D eigenvalue weighted by Gasteiger charge is 2.22. The van der Waals surface area contributed by atoms with E-state index < -0.39 is 0 Å². The van der Waals surface area contributed by atoms with Gasteiger partial charge in [0.2, 0.25) is 0 Å². The van der Waals surface area contributed by atoms with Crippen molar-refractivity contribution in [2.45, 2.75) is 12.5 Å². The van der Waals surface area contributed by atoms with Gasteiger partial charge in [0.1, 0.15) is 5.82 Å². The first-order chi connectivity index (χ1) is 8.31. The fourth-order valence-corrected chi connectivity index (χ4v) is 1.92. The van der Waals surface area contributed by atoms with E-state index in [-0.39, 0.29) is 5.82 Å². The molecule has 0 bridgehead atoms. The molecule has 17 heavy (non-hydrogen) atoms. The van der Waals surface area contributed by atoms with Gasteiger partial charge in [0.05, 0.1) is 12.7 Å². The third kappa shape index (κ3) is 2.53. The Morgan fingerprint density at radius 1 is 0.941 bits per heavy atom. The molecule has 2 heteroatoms. The summed E-state index contributed by atoms with van der Waals surface area (Å²) in [7, 11) is 0. The van der Waals surface area contributed by atoms with E-state index in [1.165, 1.54) is 17.7 Å². The second-order valence-electron chi connectivity index (χ2n) is 4.36. The minimum atomic E-state index is -0.198. The molecule has 2 aromatic carbocycles. The zero-order chi connectivity index (χ0) is 11.7. The van der Waals surface area contributed by atoms with Crippen LogP contribution in [0.3, 0.4) is 0 Å². The standard InChI is InChI=1S/C15H13FO/c16-14-7-5-13(6-8-14)12-3-1-11(2-4-12)9-15-10-17-15/h1-8,15H,9-10H2. The zero-order valence-electron chi connectivity index (χ0n) is 9.40. The summed E-state index contributed by atoms with van der Waals surface area (Å²) >= 11 is 0. The van der Waals surface area contributed by atoms with Gasteiger partial charge < -0.3 is 4.74 Å². The van der Waals surface area contributed by atoms with Crippen molar-refractivity contribution in [1.82, 2.24) is 0 Å². The molecule has 1 aliphatic heterocycles. The number of rotatable bonds is 3. The number of ether oxygens (including phenoxy) is 1. The highest BCUT2D eigenvalue weighted by molar-refractivity contribution is 5.63. The van der Waals surface area contributed by atoms with Crippen molar-refractivity contribution < 1.29 is 9.13 Å². The molecule has 0 aliphatic carbocycles. The number of benzene rings is 2. The Kier molecular flexibility index (Phi) is 2.65. The van der Waals surface area contributed by atoms with Crippen LogP contribution < -0.4 is 0 Å². The van der Waals surface area contributed by atoms with Gasteiger partial charge in [-0.05, 0) is 28.8 Å². The van der Waals surface area contributed by atoms with Crippen molar-refractivity contribution in [1.29, 1.82) is 0 Å². The van der Waals surface area contributed by atoms with Gasteiger partial charge in [0.15, 0.2) is 0 Å². The molecule has 1 atom stereocenters. The molecule has 0 amide bonds. The normalized spacial score (nSPS) is 18.1. The average Bonchev–Trinajstić information content (AvgIpc) is 3.15. The van der Waals surface area contributed by atoms with Crippen molar-refractivity contribution in [2.24, 2.45) is 0 Å². The predicted octanol–water partition coefficient (Wildman–Crippen LogP) is 3.43. The van der Waals surface area contributed by atoms with E-state index >= 15 is 0 Å². The third-order valence-electron chi connectivity index (χ3n) is 3.00. The Hall–Kier alpha value is -1.67. The van der Waals surface area contributed by atoms with Crippen LogP contribution in [0.25, 0.3) is 11.1 Å². The Balaban J connectivity index is 1.80. The summed E-state index contributed by atoms with van der Waals surface area (Å²) in [6.45, 7) is 0.889. The summed E-state index contributed by atoms with van der Waals surface area (Å²) in [6, 6.07) is 14.9. The Bertz CT molecular complexity index is 497. The minimum absolute atomic E-state index is 0.198. The lowest BCUT2D eigenvalue weighted by atomic mass is 10.0. The molecule has 1 unspecified atom stereocenters. The predicted molar refractivity (Wildman–Crippen MR) is 65.3 cm³/mol. The molecule has 0 spiro atoms. The molecule has 0 N–H and O–H groups in total. The summed E-state index contributed by atoms with van der Waals surface area (Å²) in [5.74, 6) is -0.198. The molecule has 0 aromatic heterocycles. The summed E-state index contributed by atoms with van der Waals surface area (Å²) in [5.41, 5.74) is 3.45. The van der Waals surface area contributed by atoms with Crippen molar-refractivity contribution in [3.05, 3.63) is 59.9 Å². The molecule has 1 fully saturated rings. The first-order valence-electron chi connectivity index (χ1n) is 5.78. The molecule has 0 radical (unpaired) electrons. The SMILES string of the molecule is Fc1ccc(-c2ccc(CC3CO3)cc2)cc1. The summed E-state index contributed by atoms with van der Waals surface area (Å²) in [5, 5.41) is 0. The Labute approximate surface area is 99.9 Å². The summed E-state index contributed by atoms with van der Waals surface area (Å²) in [6.07, 6.45) is 1.41. The number of hydrogen-bond donors (Lipinski definition) is 0. The van der Waals surface area contributed by atoms with Crippen LogP contribution in [0.1, 0.15) is 5.56 Å². The molecule has 1 heterocycles. The molecule has 3 rings (SSSR count). The maximum Gasteiger partial charge on any atom is 0.123 e. The van der Waals surface area contributed by atoms with Crippen LogP contribution >= 0.6 is 0 Å². The van der Waals surface area contributed by atoms with E-state index in [2.05, 4.69) is 24.3 Å². The molecule has 1 nitrogen and oxygen atoms in total. The van der Waals surface area contributed by atoms with Crippen LogP contribution in [0.2, 0.25) is 0 Å². The first-order valence-corrected chi connectivity index (χ1v) is 5.78. The van der Waals surface area contributed by atoms with E-state index in [4.69, 9.17) is 4.74 Å². The second kappa shape index (κ2) is 4.30. The van der Waals surface area contributed by atoms with Crippen LogP contribution in [0.5, 0.6) is 0 Å². The first kappa shape index (κ1) is 10.5. The fourth-order valence-electron chi connectivity index (χ4n) is 1.92. The highest BCUT2D eigenvalue weighted by atomic mass is 19.1. The number of hydrogen-bond acceptors (Lipinski definition) is 1. The van der Waals surface area contributed by atoms with Crippen LogP contribution in [-0.2, 0) is 11.2 Å². The third-order valence-corrected chi connectivity index (χ3v) is 3.00. The molecule has 86 valence electrons. The largest absolute Gasteiger partial charge is 0.373 e. The lowest BCUT2D eigenvalue weighted by Crippen LogP contribution is -1.92. The lowest BCUT2D eigenvalue weighted by Gasteiger charge is -2.03. The van der Waals surface area contributed by atoms with Gasteiger partial charge in [-0.1, -0.05) is 36.4 Å². The molecule has 2 aromatic rings. The van der Waals surface area contributed by atoms with E-state index in [1.807, 2.05) is 0 Å². The van der Waals surface area contributed by atoms with Gasteiger partial charge in [0.25, 0.3) is 0 Å². The van der Waals surface area contributed by atoms with Gasteiger partial charge >= 0.3 is 0 Å². The topological polar surface area (TPSA) is 12.5 Å². The fraction of sp³-hybridized carbons (Fsp3) is 0.200. The molecule has 1 saturated heterocycles. The van der Waals surface area contributed by atoms with Crippen LogP contribution in [0.4, 0.5) is 4.39 Å². The Morgan fingerprint density at radius 2 is 1.47 bits per heavy atom. The minimum Gasteiger partial charge on any atom is -0.373 e. The van der Waals surface area contributed by atoms with Gasteiger partial charge in [-0.25, -0.2) is 4.39 Å². The highest BCUT2D eigenvalue weighted by Crippen LogP contribution is 2.22.